The number of ether oxygens (including phenoxy) is 1. The molecule has 0 aliphatic carbocycles. The fourth-order valence-electron chi connectivity index (χ4n) is 2.03. The maximum Gasteiger partial charge on any atom is 0.174 e. The maximum atomic E-state index is 12.4. The second-order valence-corrected chi connectivity index (χ2v) is 5.54. The van der Waals surface area contributed by atoms with Gasteiger partial charge < -0.3 is 9.94 Å². The first kappa shape index (κ1) is 9.78. The zero-order chi connectivity index (χ0) is 10.5. The number of allylic oxidation sites excluding steroid dienone is 1. The van der Waals surface area contributed by atoms with Crippen LogP contribution in [-0.2, 0) is 4.74 Å². The summed E-state index contributed by atoms with van der Waals surface area (Å²) in [5.74, 6) is 1.03. The molecule has 3 rings (SSSR count). The minimum atomic E-state index is -0.481. The fraction of sp³-hybridized carbons (Fsp3) is 0.400. The Morgan fingerprint density at radius 3 is 3.33 bits per heavy atom. The summed E-state index contributed by atoms with van der Waals surface area (Å²) in [4.78, 5) is 0. The van der Waals surface area contributed by atoms with Crippen molar-refractivity contribution in [1.82, 2.24) is 0 Å². The van der Waals surface area contributed by atoms with Crippen molar-refractivity contribution in [2.24, 2.45) is 0 Å². The van der Waals surface area contributed by atoms with Crippen LogP contribution in [0.3, 0.4) is 0 Å². The van der Waals surface area contributed by atoms with E-state index in [0.29, 0.717) is 17.3 Å². The Kier molecular flexibility index (Phi) is 2.14. The third-order valence-corrected chi connectivity index (χ3v) is 4.16. The lowest BCUT2D eigenvalue weighted by Crippen LogP contribution is -2.32. The van der Waals surface area contributed by atoms with E-state index >= 15 is 0 Å². The SMILES string of the molecule is [O-][N+]12C=C3CCS[C@@H]3OC=C1C=C(Cl)C2. The van der Waals surface area contributed by atoms with E-state index in [2.05, 4.69) is 0 Å². The van der Waals surface area contributed by atoms with E-state index < -0.39 is 4.65 Å². The zero-order valence-electron chi connectivity index (χ0n) is 7.98. The largest absolute Gasteiger partial charge is 0.622 e. The van der Waals surface area contributed by atoms with Gasteiger partial charge in [-0.2, -0.15) is 0 Å². The number of hydrogen-bond donors (Lipinski definition) is 0. The lowest BCUT2D eigenvalue weighted by molar-refractivity contribution is -0.775. The minimum Gasteiger partial charge on any atom is -0.622 e. The molecule has 0 aromatic heterocycles. The van der Waals surface area contributed by atoms with E-state index in [0.717, 1.165) is 17.7 Å². The molecule has 0 saturated carbocycles. The van der Waals surface area contributed by atoms with Crippen LogP contribution in [0.5, 0.6) is 0 Å². The highest BCUT2D eigenvalue weighted by atomic mass is 35.5. The molecule has 2 atom stereocenters. The topological polar surface area (TPSA) is 32.3 Å². The molecule has 3 heterocycles. The highest BCUT2D eigenvalue weighted by Crippen LogP contribution is 2.40. The summed E-state index contributed by atoms with van der Waals surface area (Å²) in [6.07, 6.45) is 5.97. The Balaban J connectivity index is 2.03. The third-order valence-electron chi connectivity index (χ3n) is 2.78. The van der Waals surface area contributed by atoms with Crippen LogP contribution in [-0.4, -0.2) is 22.4 Å². The molecule has 0 radical (unpaired) electrons. The molecule has 3 aliphatic heterocycles. The number of fused-ring (bicyclic) bond motifs is 2. The van der Waals surface area contributed by atoms with Crippen molar-refractivity contribution in [2.45, 2.75) is 11.9 Å². The lowest BCUT2D eigenvalue weighted by atomic mass is 10.2. The average Bonchev–Trinajstić information content (AvgIpc) is 2.66. The molecule has 0 aromatic rings. The third kappa shape index (κ3) is 1.52. The number of hydrogen-bond acceptors (Lipinski definition) is 3. The van der Waals surface area contributed by atoms with Crippen molar-refractivity contribution in [1.29, 1.82) is 0 Å². The van der Waals surface area contributed by atoms with Crippen LogP contribution in [0.4, 0.5) is 0 Å². The molecule has 1 fully saturated rings. The smallest absolute Gasteiger partial charge is 0.174 e. The number of nitrogens with zero attached hydrogens (tertiary/aromatic N) is 1. The van der Waals surface area contributed by atoms with Crippen molar-refractivity contribution >= 4 is 23.4 Å². The highest BCUT2D eigenvalue weighted by Gasteiger charge is 2.35. The van der Waals surface area contributed by atoms with Gasteiger partial charge in [-0.3, -0.25) is 4.65 Å². The van der Waals surface area contributed by atoms with Gasteiger partial charge in [0.05, 0.1) is 5.03 Å². The van der Waals surface area contributed by atoms with Crippen molar-refractivity contribution in [3.63, 3.8) is 0 Å². The van der Waals surface area contributed by atoms with E-state index in [1.54, 1.807) is 30.3 Å². The monoisotopic (exact) mass is 243 g/mol. The minimum absolute atomic E-state index is 0.0409. The summed E-state index contributed by atoms with van der Waals surface area (Å²) in [7, 11) is 0. The molecule has 1 unspecified atom stereocenters. The van der Waals surface area contributed by atoms with Crippen LogP contribution < -0.4 is 0 Å². The van der Waals surface area contributed by atoms with Crippen molar-refractivity contribution in [3.8, 4) is 0 Å². The maximum absolute atomic E-state index is 12.4. The van der Waals surface area contributed by atoms with Crippen molar-refractivity contribution < 1.29 is 9.38 Å². The summed E-state index contributed by atoms with van der Waals surface area (Å²) < 4.78 is 5.09. The van der Waals surface area contributed by atoms with E-state index in [1.165, 1.54) is 0 Å². The van der Waals surface area contributed by atoms with Gasteiger partial charge in [0.2, 0.25) is 0 Å². The molecular weight excluding hydrogens is 234 g/mol. The normalized spacial score (nSPS) is 38.3. The van der Waals surface area contributed by atoms with Gasteiger partial charge in [-0.1, -0.05) is 11.6 Å². The molecular formula is C10H10ClNO2S. The summed E-state index contributed by atoms with van der Waals surface area (Å²) in [5, 5.41) is 13.0. The van der Waals surface area contributed by atoms with Crippen molar-refractivity contribution in [3.05, 3.63) is 40.0 Å². The number of rotatable bonds is 0. The Morgan fingerprint density at radius 1 is 1.60 bits per heavy atom. The van der Waals surface area contributed by atoms with Crippen LogP contribution >= 0.6 is 23.4 Å². The van der Waals surface area contributed by atoms with Gasteiger partial charge in [0.1, 0.15) is 19.0 Å². The summed E-state index contributed by atoms with van der Waals surface area (Å²) in [6.45, 7) is 0.303. The second-order valence-electron chi connectivity index (χ2n) is 3.88. The number of quaternary nitrogens is 1. The first-order valence-electron chi connectivity index (χ1n) is 4.82. The van der Waals surface area contributed by atoms with Crippen molar-refractivity contribution in [2.75, 3.05) is 12.3 Å². The van der Waals surface area contributed by atoms with Gasteiger partial charge in [0.25, 0.3) is 0 Å². The zero-order valence-corrected chi connectivity index (χ0v) is 9.55. The molecule has 15 heavy (non-hydrogen) atoms. The Hall–Kier alpha value is -0.420. The average molecular weight is 244 g/mol. The van der Waals surface area contributed by atoms with Crippen LogP contribution in [0, 0.1) is 5.21 Å². The number of hydroxylamine groups is 3. The standard InChI is InChI=1S/C10H10ClNO2S/c11-8-3-9-6-14-10-7(1-2-15-10)4-12(9,13)5-8/h3-4,6,10H,1-2,5H2/t10-,12?/m0/s1. The van der Waals surface area contributed by atoms with Crippen LogP contribution in [0.15, 0.2) is 34.8 Å². The van der Waals surface area contributed by atoms with Gasteiger partial charge in [-0.15, -0.1) is 11.8 Å². The first-order valence-corrected chi connectivity index (χ1v) is 6.24. The number of thioether (sulfide) groups is 1. The molecule has 0 N–H and O–H groups in total. The molecule has 0 spiro atoms. The fourth-order valence-corrected chi connectivity index (χ4v) is 3.42. The highest BCUT2D eigenvalue weighted by molar-refractivity contribution is 8.00. The number of halogens is 1. The Labute approximate surface area is 97.2 Å². The van der Waals surface area contributed by atoms with Gasteiger partial charge in [-0.25, -0.2) is 0 Å². The van der Waals surface area contributed by atoms with Crippen LogP contribution in [0.2, 0.25) is 0 Å². The molecule has 80 valence electrons. The molecule has 0 aromatic carbocycles. The predicted octanol–water partition coefficient (Wildman–Crippen LogP) is 2.66. The van der Waals surface area contributed by atoms with Gasteiger partial charge in [0.15, 0.2) is 11.1 Å². The summed E-state index contributed by atoms with van der Waals surface area (Å²) in [6, 6.07) is 0. The summed E-state index contributed by atoms with van der Waals surface area (Å²) in [5.41, 5.74) is 1.74. The summed E-state index contributed by atoms with van der Waals surface area (Å²) >= 11 is 7.63. The molecule has 0 bridgehead atoms. The molecule has 0 amide bonds. The quantitative estimate of drug-likeness (QED) is 0.484. The van der Waals surface area contributed by atoms with E-state index in [9.17, 15) is 5.21 Å². The first-order chi connectivity index (χ1) is 7.17. The van der Waals surface area contributed by atoms with E-state index in [-0.39, 0.29) is 5.44 Å². The van der Waals surface area contributed by atoms with E-state index in [1.807, 2.05) is 0 Å². The second kappa shape index (κ2) is 3.28. The molecule has 1 saturated heterocycles. The predicted molar refractivity (Wildman–Crippen MR) is 60.5 cm³/mol. The van der Waals surface area contributed by atoms with Gasteiger partial charge in [-0.05, 0) is 6.42 Å². The van der Waals surface area contributed by atoms with Gasteiger partial charge in [0, 0.05) is 17.4 Å². The van der Waals surface area contributed by atoms with E-state index in [4.69, 9.17) is 16.3 Å². The molecule has 3 nitrogen and oxygen atoms in total. The Morgan fingerprint density at radius 2 is 2.47 bits per heavy atom. The Bertz CT molecular complexity index is 404. The molecule has 3 aliphatic rings. The van der Waals surface area contributed by atoms with Gasteiger partial charge >= 0.3 is 0 Å². The lowest BCUT2D eigenvalue weighted by Gasteiger charge is -2.34. The molecule has 5 heteroatoms. The van der Waals surface area contributed by atoms with Crippen LogP contribution in [0.25, 0.3) is 0 Å². The van der Waals surface area contributed by atoms with Crippen LogP contribution in [0.1, 0.15) is 6.42 Å².